The third-order valence-corrected chi connectivity index (χ3v) is 7.26. The summed E-state index contributed by atoms with van der Waals surface area (Å²) in [6.45, 7) is 2.21. The van der Waals surface area contributed by atoms with Crippen molar-refractivity contribution >= 4 is 29.1 Å². The molecule has 6 heteroatoms. The number of nitrogens with zero attached hydrogens (tertiary/aromatic N) is 2. The van der Waals surface area contributed by atoms with Crippen LogP contribution in [0.3, 0.4) is 0 Å². The van der Waals surface area contributed by atoms with Crippen molar-refractivity contribution in [3.63, 3.8) is 0 Å². The van der Waals surface area contributed by atoms with Gasteiger partial charge in [-0.1, -0.05) is 41.4 Å². The smallest absolute Gasteiger partial charge is 0.227 e. The van der Waals surface area contributed by atoms with Crippen LogP contribution < -0.4 is 4.74 Å². The molecule has 1 aliphatic carbocycles. The summed E-state index contributed by atoms with van der Waals surface area (Å²) in [5.74, 6) is 1.00. The number of fused-ring (bicyclic) bond motifs is 1. The van der Waals surface area contributed by atoms with E-state index < -0.39 is 0 Å². The summed E-state index contributed by atoms with van der Waals surface area (Å²) in [5, 5.41) is 0.982. The average Bonchev–Trinajstić information content (AvgIpc) is 3.29. The second-order valence-corrected chi connectivity index (χ2v) is 9.07. The van der Waals surface area contributed by atoms with Crippen LogP contribution in [0.4, 0.5) is 0 Å². The maximum atomic E-state index is 13.3. The molecule has 1 heterocycles. The number of carbonyl (C=O) groups excluding carboxylic acids is 1. The van der Waals surface area contributed by atoms with E-state index in [1.54, 1.807) is 19.2 Å². The van der Waals surface area contributed by atoms with Crippen LogP contribution in [0, 0.1) is 0 Å². The molecule has 2 aromatic carbocycles. The number of ether oxygens (including phenoxy) is 1. The maximum Gasteiger partial charge on any atom is 0.227 e. The van der Waals surface area contributed by atoms with Crippen LogP contribution in [0.2, 0.25) is 10.0 Å². The van der Waals surface area contributed by atoms with Gasteiger partial charge in [-0.05, 0) is 73.7 Å². The molecule has 0 spiro atoms. The molecule has 30 heavy (non-hydrogen) atoms. The van der Waals surface area contributed by atoms with Crippen LogP contribution in [-0.4, -0.2) is 49.0 Å². The number of hydrogen-bond donors (Lipinski definition) is 0. The molecule has 0 radical (unpaired) electrons. The fraction of sp³-hybridized carbons (Fsp3) is 0.458. The molecule has 0 saturated carbocycles. The number of likely N-dealkylation sites (tertiary alicyclic amines) is 1. The zero-order chi connectivity index (χ0) is 21.3. The SMILES string of the molecule is COc1cccc2c1CC[C@@H](N1CCCC1)[C@@H]2N(C)C(=O)Cc1ccc(Cl)c(Cl)c1. The first kappa shape index (κ1) is 21.5. The Kier molecular flexibility index (Phi) is 6.57. The van der Waals surface area contributed by atoms with E-state index in [0.717, 1.165) is 37.2 Å². The normalized spacial score (nSPS) is 21.3. The quantitative estimate of drug-likeness (QED) is 0.635. The van der Waals surface area contributed by atoms with Crippen LogP contribution in [0.1, 0.15) is 42.0 Å². The summed E-state index contributed by atoms with van der Waals surface area (Å²) in [5.41, 5.74) is 3.32. The van der Waals surface area contributed by atoms with E-state index in [1.807, 2.05) is 30.1 Å². The second kappa shape index (κ2) is 9.17. The maximum absolute atomic E-state index is 13.3. The Bertz CT molecular complexity index is 927. The zero-order valence-corrected chi connectivity index (χ0v) is 19.0. The lowest BCUT2D eigenvalue weighted by molar-refractivity contribution is -0.133. The Labute approximate surface area is 188 Å². The molecule has 1 saturated heterocycles. The van der Waals surface area contributed by atoms with Gasteiger partial charge < -0.3 is 9.64 Å². The predicted molar refractivity (Wildman–Crippen MR) is 122 cm³/mol. The van der Waals surface area contributed by atoms with E-state index >= 15 is 0 Å². The molecule has 2 aliphatic rings. The summed E-state index contributed by atoms with van der Waals surface area (Å²) in [7, 11) is 3.65. The molecule has 0 N–H and O–H groups in total. The summed E-state index contributed by atoms with van der Waals surface area (Å²) in [4.78, 5) is 17.8. The number of benzene rings is 2. The van der Waals surface area contributed by atoms with Crippen molar-refractivity contribution in [1.29, 1.82) is 0 Å². The number of carbonyl (C=O) groups is 1. The minimum Gasteiger partial charge on any atom is -0.496 e. The number of methoxy groups -OCH3 is 1. The summed E-state index contributed by atoms with van der Waals surface area (Å²) < 4.78 is 5.64. The van der Waals surface area contributed by atoms with E-state index in [1.165, 1.54) is 24.0 Å². The zero-order valence-electron chi connectivity index (χ0n) is 17.5. The summed E-state index contributed by atoms with van der Waals surface area (Å²) >= 11 is 12.2. The minimum atomic E-state index is 0.0113. The molecule has 0 unspecified atom stereocenters. The summed E-state index contributed by atoms with van der Waals surface area (Å²) in [6, 6.07) is 12.0. The lowest BCUT2D eigenvalue weighted by Gasteiger charge is -2.44. The molecule has 0 bridgehead atoms. The fourth-order valence-electron chi connectivity index (χ4n) is 5.00. The predicted octanol–water partition coefficient (Wildman–Crippen LogP) is 5.15. The Morgan fingerprint density at radius 3 is 2.63 bits per heavy atom. The van der Waals surface area contributed by atoms with Crippen LogP contribution in [0.25, 0.3) is 0 Å². The molecule has 160 valence electrons. The van der Waals surface area contributed by atoms with Crippen molar-refractivity contribution < 1.29 is 9.53 Å². The molecule has 1 amide bonds. The molecule has 4 nitrogen and oxygen atoms in total. The first-order chi connectivity index (χ1) is 14.5. The Morgan fingerprint density at radius 1 is 1.17 bits per heavy atom. The van der Waals surface area contributed by atoms with Gasteiger partial charge in [-0.2, -0.15) is 0 Å². The Hall–Kier alpha value is -1.75. The number of likely N-dealkylation sites (N-methyl/N-ethyl adjacent to an activating group) is 1. The topological polar surface area (TPSA) is 32.8 Å². The van der Waals surface area contributed by atoms with Gasteiger partial charge in [0.05, 0.1) is 29.6 Å². The molecule has 2 atom stereocenters. The summed E-state index contributed by atoms with van der Waals surface area (Å²) in [6.07, 6.45) is 4.77. The standard InChI is InChI=1S/C24H28Cl2N2O2/c1-27(23(29)15-16-8-10-19(25)20(26)14-16)24-18-6-5-7-22(30-2)17(18)9-11-21(24)28-12-3-4-13-28/h5-8,10,14,21,24H,3-4,9,11-13,15H2,1-2H3/t21-,24-/m1/s1. The number of halogens is 2. The van der Waals surface area contributed by atoms with Crippen LogP contribution in [0.15, 0.2) is 36.4 Å². The van der Waals surface area contributed by atoms with E-state index in [-0.39, 0.29) is 11.9 Å². The van der Waals surface area contributed by atoms with Gasteiger partial charge in [0.25, 0.3) is 0 Å². The van der Waals surface area contributed by atoms with Crippen molar-refractivity contribution in [3.05, 3.63) is 63.1 Å². The first-order valence-electron chi connectivity index (χ1n) is 10.6. The van der Waals surface area contributed by atoms with Gasteiger partial charge in [0.15, 0.2) is 0 Å². The highest BCUT2D eigenvalue weighted by atomic mass is 35.5. The third kappa shape index (κ3) is 4.18. The molecule has 2 aromatic rings. The molecule has 1 fully saturated rings. The lowest BCUT2D eigenvalue weighted by atomic mass is 9.81. The van der Waals surface area contributed by atoms with Crippen molar-refractivity contribution in [2.45, 2.75) is 44.2 Å². The Morgan fingerprint density at radius 2 is 1.93 bits per heavy atom. The molecule has 4 rings (SSSR count). The van der Waals surface area contributed by atoms with Gasteiger partial charge in [0.1, 0.15) is 5.75 Å². The highest BCUT2D eigenvalue weighted by Gasteiger charge is 2.39. The minimum absolute atomic E-state index is 0.0113. The van der Waals surface area contributed by atoms with Crippen LogP contribution >= 0.6 is 23.2 Å². The number of hydrogen-bond acceptors (Lipinski definition) is 3. The molecule has 1 aliphatic heterocycles. The monoisotopic (exact) mass is 446 g/mol. The fourth-order valence-corrected chi connectivity index (χ4v) is 5.32. The third-order valence-electron chi connectivity index (χ3n) is 6.52. The Balaban J connectivity index is 1.65. The van der Waals surface area contributed by atoms with Gasteiger partial charge in [-0.3, -0.25) is 9.69 Å². The lowest BCUT2D eigenvalue weighted by Crippen LogP contribution is -2.48. The van der Waals surface area contributed by atoms with E-state index in [2.05, 4.69) is 11.0 Å². The second-order valence-electron chi connectivity index (χ2n) is 8.25. The van der Waals surface area contributed by atoms with Crippen LogP contribution in [0.5, 0.6) is 5.75 Å². The average molecular weight is 447 g/mol. The number of amides is 1. The largest absolute Gasteiger partial charge is 0.496 e. The van der Waals surface area contributed by atoms with E-state index in [9.17, 15) is 4.79 Å². The molecular weight excluding hydrogens is 419 g/mol. The van der Waals surface area contributed by atoms with Crippen molar-refractivity contribution in [2.75, 3.05) is 27.2 Å². The van der Waals surface area contributed by atoms with Gasteiger partial charge in [-0.25, -0.2) is 0 Å². The van der Waals surface area contributed by atoms with Gasteiger partial charge >= 0.3 is 0 Å². The van der Waals surface area contributed by atoms with Crippen LogP contribution in [-0.2, 0) is 17.6 Å². The highest BCUT2D eigenvalue weighted by Crippen LogP contribution is 2.41. The van der Waals surface area contributed by atoms with E-state index in [4.69, 9.17) is 27.9 Å². The first-order valence-corrected chi connectivity index (χ1v) is 11.3. The van der Waals surface area contributed by atoms with Gasteiger partial charge in [-0.15, -0.1) is 0 Å². The number of rotatable bonds is 5. The highest BCUT2D eigenvalue weighted by molar-refractivity contribution is 6.42. The molecular formula is C24H28Cl2N2O2. The van der Waals surface area contributed by atoms with Crippen molar-refractivity contribution in [3.8, 4) is 5.75 Å². The van der Waals surface area contributed by atoms with Gasteiger partial charge in [0.2, 0.25) is 5.91 Å². The van der Waals surface area contributed by atoms with Crippen molar-refractivity contribution in [1.82, 2.24) is 9.80 Å². The van der Waals surface area contributed by atoms with Crippen molar-refractivity contribution in [2.24, 2.45) is 0 Å². The van der Waals surface area contributed by atoms with Gasteiger partial charge in [0, 0.05) is 13.1 Å². The van der Waals surface area contributed by atoms with E-state index in [0.29, 0.717) is 22.5 Å². The molecule has 0 aromatic heterocycles.